The molecule has 0 unspecified atom stereocenters. The van der Waals surface area contributed by atoms with E-state index in [9.17, 15) is 18.0 Å². The lowest BCUT2D eigenvalue weighted by molar-refractivity contribution is -0.0459. The lowest BCUT2D eigenvalue weighted by Crippen LogP contribution is -2.27. The van der Waals surface area contributed by atoms with Crippen LogP contribution in [0.15, 0.2) is 33.6 Å². The number of hydrogen-bond acceptors (Lipinski definition) is 3. The van der Waals surface area contributed by atoms with Crippen LogP contribution in [-0.2, 0) is 13.0 Å². The molecule has 0 N–H and O–H groups in total. The molecule has 1 aliphatic carbocycles. The molecule has 3 rings (SSSR count). The SMILES string of the molecule is O=c1onc(CC2CCC(F)(F)CC2)n1Cc1ccccc1F. The van der Waals surface area contributed by atoms with Crippen LogP contribution in [0.25, 0.3) is 0 Å². The molecule has 1 heterocycles. The van der Waals surface area contributed by atoms with Gasteiger partial charge in [0.1, 0.15) is 5.82 Å². The highest BCUT2D eigenvalue weighted by atomic mass is 19.3. The number of aromatic nitrogens is 2. The first-order chi connectivity index (χ1) is 10.9. The first-order valence-electron chi connectivity index (χ1n) is 7.61. The summed E-state index contributed by atoms with van der Waals surface area (Å²) in [7, 11) is 0. The summed E-state index contributed by atoms with van der Waals surface area (Å²) in [5, 5.41) is 3.74. The topological polar surface area (TPSA) is 48.0 Å². The molecule has 0 radical (unpaired) electrons. The molecule has 124 valence electrons. The van der Waals surface area contributed by atoms with Crippen molar-refractivity contribution in [3.63, 3.8) is 0 Å². The molecule has 1 aromatic heterocycles. The molecule has 0 amide bonds. The van der Waals surface area contributed by atoms with E-state index in [4.69, 9.17) is 0 Å². The van der Waals surface area contributed by atoms with Crippen LogP contribution in [0.1, 0.15) is 37.1 Å². The van der Waals surface area contributed by atoms with Gasteiger partial charge in [0.15, 0.2) is 5.82 Å². The summed E-state index contributed by atoms with van der Waals surface area (Å²) in [4.78, 5) is 11.8. The molecule has 1 fully saturated rings. The summed E-state index contributed by atoms with van der Waals surface area (Å²) in [5.41, 5.74) is 0.356. The molecule has 0 atom stereocenters. The second-order valence-electron chi connectivity index (χ2n) is 6.05. The van der Waals surface area contributed by atoms with Gasteiger partial charge in [-0.15, -0.1) is 0 Å². The summed E-state index contributed by atoms with van der Waals surface area (Å²) in [6, 6.07) is 6.15. The minimum absolute atomic E-state index is 0.0211. The molecule has 1 aliphatic rings. The van der Waals surface area contributed by atoms with E-state index < -0.39 is 17.5 Å². The zero-order chi connectivity index (χ0) is 16.4. The third-order valence-electron chi connectivity index (χ3n) is 4.36. The summed E-state index contributed by atoms with van der Waals surface area (Å²) >= 11 is 0. The van der Waals surface area contributed by atoms with Crippen molar-refractivity contribution in [2.24, 2.45) is 5.92 Å². The number of hydrogen-bond donors (Lipinski definition) is 0. The van der Waals surface area contributed by atoms with Crippen molar-refractivity contribution in [1.82, 2.24) is 9.72 Å². The molecule has 4 nitrogen and oxygen atoms in total. The van der Waals surface area contributed by atoms with Crippen LogP contribution in [0.2, 0.25) is 0 Å². The largest absolute Gasteiger partial charge is 0.441 e. The van der Waals surface area contributed by atoms with Gasteiger partial charge in [0.2, 0.25) is 5.92 Å². The highest BCUT2D eigenvalue weighted by Gasteiger charge is 2.35. The van der Waals surface area contributed by atoms with Crippen LogP contribution in [0.5, 0.6) is 0 Å². The monoisotopic (exact) mass is 326 g/mol. The number of nitrogens with zero attached hydrogens (tertiary/aromatic N) is 2. The van der Waals surface area contributed by atoms with Crippen molar-refractivity contribution in [1.29, 1.82) is 0 Å². The molecular formula is C16H17F3N2O2. The Bertz CT molecular complexity index is 729. The Morgan fingerprint density at radius 2 is 1.96 bits per heavy atom. The first kappa shape index (κ1) is 15.8. The lowest BCUT2D eigenvalue weighted by Gasteiger charge is -2.27. The van der Waals surface area contributed by atoms with Gasteiger partial charge in [0.05, 0.1) is 6.54 Å². The fourth-order valence-corrected chi connectivity index (χ4v) is 2.96. The molecule has 7 heteroatoms. The highest BCUT2D eigenvalue weighted by Crippen LogP contribution is 2.37. The Kier molecular flexibility index (Phi) is 4.28. The molecular weight excluding hydrogens is 309 g/mol. The fourth-order valence-electron chi connectivity index (χ4n) is 2.96. The summed E-state index contributed by atoms with van der Waals surface area (Å²) < 4.78 is 46.1. The van der Waals surface area contributed by atoms with Gasteiger partial charge in [-0.2, -0.15) is 0 Å². The minimum atomic E-state index is -2.59. The Morgan fingerprint density at radius 3 is 2.65 bits per heavy atom. The van der Waals surface area contributed by atoms with E-state index in [1.165, 1.54) is 10.6 Å². The summed E-state index contributed by atoms with van der Waals surface area (Å²) in [6.07, 6.45) is 0.859. The van der Waals surface area contributed by atoms with E-state index in [1.54, 1.807) is 18.2 Å². The van der Waals surface area contributed by atoms with Crippen molar-refractivity contribution < 1.29 is 17.7 Å². The third kappa shape index (κ3) is 3.65. The van der Waals surface area contributed by atoms with Gasteiger partial charge in [0.25, 0.3) is 0 Å². The number of benzene rings is 1. The summed E-state index contributed by atoms with van der Waals surface area (Å²) in [6.45, 7) is 0.0211. The molecule has 1 saturated carbocycles. The summed E-state index contributed by atoms with van der Waals surface area (Å²) in [5.74, 6) is -3.25. The zero-order valence-electron chi connectivity index (χ0n) is 12.5. The van der Waals surface area contributed by atoms with Crippen LogP contribution in [-0.4, -0.2) is 15.6 Å². The average molecular weight is 326 g/mol. The van der Waals surface area contributed by atoms with Crippen molar-refractivity contribution >= 4 is 0 Å². The minimum Gasteiger partial charge on any atom is -0.296 e. The lowest BCUT2D eigenvalue weighted by atomic mass is 9.84. The number of rotatable bonds is 4. The van der Waals surface area contributed by atoms with E-state index in [1.807, 2.05) is 0 Å². The van der Waals surface area contributed by atoms with Crippen LogP contribution in [0, 0.1) is 11.7 Å². The standard InChI is InChI=1S/C16H17F3N2O2/c17-13-4-2-1-3-12(13)10-21-14(20-23-15(21)22)9-11-5-7-16(18,19)8-6-11/h1-4,11H,5-10H2. The molecule has 0 aliphatic heterocycles. The van der Waals surface area contributed by atoms with Crippen LogP contribution >= 0.6 is 0 Å². The molecule has 2 aromatic rings. The van der Waals surface area contributed by atoms with Gasteiger partial charge in [-0.25, -0.2) is 18.0 Å². The Balaban J connectivity index is 1.75. The van der Waals surface area contributed by atoms with Crippen molar-refractivity contribution in [2.45, 2.75) is 44.6 Å². The quantitative estimate of drug-likeness (QED) is 0.865. The fraction of sp³-hybridized carbons (Fsp3) is 0.500. The van der Waals surface area contributed by atoms with E-state index in [2.05, 4.69) is 9.68 Å². The Labute approximate surface area is 130 Å². The predicted octanol–water partition coefficient (Wildman–Crippen LogP) is 3.39. The molecule has 0 saturated heterocycles. The van der Waals surface area contributed by atoms with E-state index >= 15 is 0 Å². The normalized spacial score (nSPS) is 18.2. The van der Waals surface area contributed by atoms with E-state index in [0.29, 0.717) is 30.7 Å². The van der Waals surface area contributed by atoms with Crippen molar-refractivity contribution in [2.75, 3.05) is 0 Å². The van der Waals surface area contributed by atoms with Crippen LogP contribution in [0.4, 0.5) is 13.2 Å². The first-order valence-corrected chi connectivity index (χ1v) is 7.61. The van der Waals surface area contributed by atoms with E-state index in [-0.39, 0.29) is 25.3 Å². The maximum atomic E-state index is 13.7. The molecule has 0 spiro atoms. The second-order valence-corrected chi connectivity index (χ2v) is 6.05. The van der Waals surface area contributed by atoms with Gasteiger partial charge >= 0.3 is 5.76 Å². The molecule has 23 heavy (non-hydrogen) atoms. The Hall–Kier alpha value is -2.05. The third-order valence-corrected chi connectivity index (χ3v) is 4.36. The van der Waals surface area contributed by atoms with Gasteiger partial charge in [-0.3, -0.25) is 9.09 Å². The van der Waals surface area contributed by atoms with Crippen LogP contribution in [0.3, 0.4) is 0 Å². The van der Waals surface area contributed by atoms with Gasteiger partial charge in [-0.1, -0.05) is 23.4 Å². The zero-order valence-corrected chi connectivity index (χ0v) is 12.5. The average Bonchev–Trinajstić information content (AvgIpc) is 2.85. The number of alkyl halides is 2. The van der Waals surface area contributed by atoms with Crippen molar-refractivity contribution in [3.05, 3.63) is 52.0 Å². The predicted molar refractivity (Wildman–Crippen MR) is 76.9 cm³/mol. The smallest absolute Gasteiger partial charge is 0.296 e. The van der Waals surface area contributed by atoms with Gasteiger partial charge in [-0.05, 0) is 24.8 Å². The second kappa shape index (κ2) is 6.22. The maximum absolute atomic E-state index is 13.7. The highest BCUT2D eigenvalue weighted by molar-refractivity contribution is 5.17. The maximum Gasteiger partial charge on any atom is 0.441 e. The van der Waals surface area contributed by atoms with Gasteiger partial charge < -0.3 is 0 Å². The van der Waals surface area contributed by atoms with Crippen LogP contribution < -0.4 is 5.76 Å². The van der Waals surface area contributed by atoms with E-state index in [0.717, 1.165) is 0 Å². The Morgan fingerprint density at radius 1 is 1.26 bits per heavy atom. The molecule has 0 bridgehead atoms. The number of halogens is 3. The molecule has 1 aromatic carbocycles. The van der Waals surface area contributed by atoms with Crippen molar-refractivity contribution in [3.8, 4) is 0 Å². The van der Waals surface area contributed by atoms with Gasteiger partial charge in [0, 0.05) is 24.8 Å².